The molecule has 0 saturated carbocycles. The van der Waals surface area contributed by atoms with Gasteiger partial charge in [-0.1, -0.05) is 23.2 Å². The predicted octanol–water partition coefficient (Wildman–Crippen LogP) is 6.59. The summed E-state index contributed by atoms with van der Waals surface area (Å²) in [5.41, 5.74) is 2.74. The Morgan fingerprint density at radius 2 is 1.43 bits per heavy atom. The summed E-state index contributed by atoms with van der Waals surface area (Å²) in [5.74, 6) is 0.0603. The number of fused-ring (bicyclic) bond motifs is 2. The molecule has 3 atom stereocenters. The third kappa shape index (κ3) is 8.60. The lowest BCUT2D eigenvalue weighted by Gasteiger charge is -2.33. The Morgan fingerprint density at radius 1 is 0.821 bits per heavy atom. The normalized spacial score (nSPS) is 19.8. The molecular weight excluding hydrogens is 769 g/mol. The van der Waals surface area contributed by atoms with E-state index in [9.17, 15) is 13.6 Å². The van der Waals surface area contributed by atoms with Gasteiger partial charge in [0.2, 0.25) is 0 Å². The van der Waals surface area contributed by atoms with Crippen molar-refractivity contribution in [3.63, 3.8) is 0 Å². The molecular formula is C37H38Cl2F2N12O3. The minimum atomic E-state index is -0.562. The molecule has 3 fully saturated rings. The molecule has 3 saturated heterocycles. The first kappa shape index (κ1) is 37.7. The fraction of sp³-hybridized carbons (Fsp3) is 0.378. The Kier molecular flexibility index (Phi) is 11.4. The first-order chi connectivity index (χ1) is 27.3. The first-order valence-electron chi connectivity index (χ1n) is 18.4. The van der Waals surface area contributed by atoms with Crippen molar-refractivity contribution in [2.24, 2.45) is 0 Å². The molecule has 0 aliphatic carbocycles. The second-order valence-corrected chi connectivity index (χ2v) is 14.6. The average molecular weight is 808 g/mol. The number of halogens is 4. The first-order valence-corrected chi connectivity index (χ1v) is 19.1. The monoisotopic (exact) mass is 806 g/mol. The molecule has 3 aliphatic rings. The summed E-state index contributed by atoms with van der Waals surface area (Å²) in [6, 6.07) is 3.55. The van der Waals surface area contributed by atoms with Crippen LogP contribution in [0.4, 0.5) is 25.2 Å². The number of ether oxygens (including phenoxy) is 2. The van der Waals surface area contributed by atoms with Gasteiger partial charge in [-0.2, -0.15) is 0 Å². The molecule has 292 valence electrons. The molecule has 0 aromatic carbocycles. The lowest BCUT2D eigenvalue weighted by atomic mass is 10.1. The number of aromatic nitrogens is 8. The number of carbonyl (C=O) groups excluding carboxylic acids is 1. The lowest BCUT2D eigenvalue weighted by Crippen LogP contribution is -2.46. The summed E-state index contributed by atoms with van der Waals surface area (Å²) >= 11 is 12.1. The Bertz CT molecular complexity index is 2330. The summed E-state index contributed by atoms with van der Waals surface area (Å²) < 4.78 is 39.4. The molecule has 3 aliphatic heterocycles. The van der Waals surface area contributed by atoms with Crippen LogP contribution in [0, 0.1) is 11.6 Å². The van der Waals surface area contributed by atoms with Crippen molar-refractivity contribution < 1.29 is 23.0 Å². The number of anilines is 2. The van der Waals surface area contributed by atoms with E-state index in [0.717, 1.165) is 61.3 Å². The molecule has 15 nitrogen and oxygen atoms in total. The van der Waals surface area contributed by atoms with Crippen molar-refractivity contribution in [2.75, 3.05) is 50.0 Å². The van der Waals surface area contributed by atoms with E-state index in [1.165, 1.54) is 6.20 Å². The average Bonchev–Trinajstić information content (AvgIpc) is 3.98. The van der Waals surface area contributed by atoms with Crippen LogP contribution in [0.2, 0.25) is 10.0 Å². The van der Waals surface area contributed by atoms with Crippen molar-refractivity contribution in [3.05, 3.63) is 71.0 Å². The van der Waals surface area contributed by atoms with Crippen LogP contribution in [0.25, 0.3) is 44.8 Å². The maximum Gasteiger partial charge on any atom is 0.410 e. The van der Waals surface area contributed by atoms with Gasteiger partial charge in [-0.3, -0.25) is 0 Å². The van der Waals surface area contributed by atoms with Crippen molar-refractivity contribution >= 4 is 63.0 Å². The second kappa shape index (κ2) is 16.9. The van der Waals surface area contributed by atoms with Crippen LogP contribution in [-0.2, 0) is 9.47 Å². The van der Waals surface area contributed by atoms with E-state index in [-0.39, 0.29) is 35.9 Å². The zero-order chi connectivity index (χ0) is 38.6. The van der Waals surface area contributed by atoms with Gasteiger partial charge in [0, 0.05) is 84.8 Å². The number of aromatic amines is 2. The molecule has 9 heterocycles. The van der Waals surface area contributed by atoms with Crippen LogP contribution in [-0.4, -0.2) is 108 Å². The van der Waals surface area contributed by atoms with Crippen molar-refractivity contribution in [1.29, 1.82) is 0 Å². The van der Waals surface area contributed by atoms with E-state index in [1.54, 1.807) is 41.8 Å². The number of carbonyl (C=O) groups is 1. The summed E-state index contributed by atoms with van der Waals surface area (Å²) in [6.45, 7) is 3.84. The van der Waals surface area contributed by atoms with E-state index >= 15 is 0 Å². The highest BCUT2D eigenvalue weighted by Crippen LogP contribution is 2.30. The number of amides is 1. The van der Waals surface area contributed by atoms with E-state index in [0.29, 0.717) is 71.3 Å². The number of H-pyrrole nitrogens is 2. The molecule has 0 spiro atoms. The Morgan fingerprint density at radius 3 is 2.00 bits per heavy atom. The SMILES string of the molecule is Fc1cnc(-c2c[nH]c3ncc(Cl)cc23)nc1N[C@H]1CCCNC1.O=C(OC1CCOC1)N1CCC[C@H](Nc2nc(-c3c[nH]c4ncc(Cl)cc34)ncc2F)C1. The minimum Gasteiger partial charge on any atom is -0.444 e. The molecule has 0 radical (unpaired) electrons. The molecule has 1 unspecified atom stereocenters. The molecule has 6 aromatic rings. The van der Waals surface area contributed by atoms with Crippen LogP contribution in [0.1, 0.15) is 32.1 Å². The number of hydrogen-bond donors (Lipinski definition) is 5. The number of nitrogens with zero attached hydrogens (tertiary/aromatic N) is 7. The lowest BCUT2D eigenvalue weighted by molar-refractivity contribution is 0.0492. The Balaban J connectivity index is 0.000000164. The molecule has 5 N–H and O–H groups in total. The highest BCUT2D eigenvalue weighted by Gasteiger charge is 2.29. The molecule has 1 amide bonds. The summed E-state index contributed by atoms with van der Waals surface area (Å²) in [7, 11) is 0. The van der Waals surface area contributed by atoms with Gasteiger partial charge in [0.05, 0.1) is 35.7 Å². The van der Waals surface area contributed by atoms with E-state index in [2.05, 4.69) is 55.8 Å². The highest BCUT2D eigenvalue weighted by molar-refractivity contribution is 6.31. The maximum atomic E-state index is 14.5. The third-order valence-electron chi connectivity index (χ3n) is 9.78. The van der Waals surface area contributed by atoms with Gasteiger partial charge >= 0.3 is 6.09 Å². The van der Waals surface area contributed by atoms with Gasteiger partial charge in [0.25, 0.3) is 0 Å². The maximum absolute atomic E-state index is 14.5. The smallest absolute Gasteiger partial charge is 0.410 e. The number of rotatable bonds is 7. The van der Waals surface area contributed by atoms with Crippen LogP contribution >= 0.6 is 23.2 Å². The summed E-state index contributed by atoms with van der Waals surface area (Å²) in [6.07, 6.45) is 12.7. The Labute approximate surface area is 329 Å². The molecule has 56 heavy (non-hydrogen) atoms. The second-order valence-electron chi connectivity index (χ2n) is 13.8. The molecule has 0 bridgehead atoms. The van der Waals surface area contributed by atoms with Crippen molar-refractivity contribution in [2.45, 2.75) is 50.3 Å². The van der Waals surface area contributed by atoms with Gasteiger partial charge in [-0.15, -0.1) is 0 Å². The van der Waals surface area contributed by atoms with Gasteiger partial charge in [0.1, 0.15) is 17.4 Å². The highest BCUT2D eigenvalue weighted by atomic mass is 35.5. The third-order valence-corrected chi connectivity index (χ3v) is 10.2. The van der Waals surface area contributed by atoms with E-state index in [1.807, 2.05) is 0 Å². The Hall–Kier alpha value is -5.23. The molecule has 6 aromatic heterocycles. The topological polar surface area (TPSA) is 184 Å². The number of likely N-dealkylation sites (tertiary alicyclic amines) is 1. The largest absolute Gasteiger partial charge is 0.444 e. The summed E-state index contributed by atoms with van der Waals surface area (Å²) in [5, 5.41) is 12.2. The number of hydrogen-bond acceptors (Lipinski definition) is 12. The molecule has 19 heteroatoms. The van der Waals surface area contributed by atoms with Crippen LogP contribution in [0.3, 0.4) is 0 Å². The van der Waals surface area contributed by atoms with Crippen LogP contribution in [0.15, 0.2) is 49.3 Å². The quantitative estimate of drug-likeness (QED) is 0.117. The van der Waals surface area contributed by atoms with Gasteiger partial charge in [-0.25, -0.2) is 43.5 Å². The van der Waals surface area contributed by atoms with E-state index in [4.69, 9.17) is 32.7 Å². The zero-order valence-corrected chi connectivity index (χ0v) is 31.5. The van der Waals surface area contributed by atoms with E-state index < -0.39 is 11.6 Å². The number of piperidine rings is 2. The number of pyridine rings is 2. The minimum absolute atomic E-state index is 0.0868. The fourth-order valence-electron chi connectivity index (χ4n) is 6.97. The number of nitrogens with one attached hydrogen (secondary N) is 5. The van der Waals surface area contributed by atoms with Crippen LogP contribution in [0.5, 0.6) is 0 Å². The van der Waals surface area contributed by atoms with Crippen molar-refractivity contribution in [3.8, 4) is 22.8 Å². The molecule has 9 rings (SSSR count). The predicted molar refractivity (Wildman–Crippen MR) is 208 cm³/mol. The standard InChI is InChI=1S/C21H22ClFN6O3.C16H16ClFN6/c22-12-6-15-16(8-25-18(15)24-7-12)19-26-9-17(23)20(28-19)27-13-2-1-4-29(10-13)21(30)32-14-3-5-31-11-14;17-9-4-11-12(7-21-14(11)20-5-9)15-22-8-13(18)16(24-15)23-10-2-1-3-19-6-10/h6-9,13-14H,1-5,10-11H2,(H,24,25)(H,26,27,28);4-5,7-8,10,19H,1-3,6H2,(H,20,21)(H,22,23,24)/t13-,14?;10-/m00/s1. The van der Waals surface area contributed by atoms with Gasteiger partial charge in [-0.05, 0) is 44.4 Å². The van der Waals surface area contributed by atoms with Crippen molar-refractivity contribution in [1.82, 2.24) is 50.1 Å². The van der Waals surface area contributed by atoms with Crippen LogP contribution < -0.4 is 16.0 Å². The van der Waals surface area contributed by atoms with Gasteiger partial charge < -0.3 is 40.3 Å². The zero-order valence-electron chi connectivity index (χ0n) is 30.0. The van der Waals surface area contributed by atoms with Gasteiger partial charge in [0.15, 0.2) is 34.9 Å². The fourth-order valence-corrected chi connectivity index (χ4v) is 7.28. The summed E-state index contributed by atoms with van der Waals surface area (Å²) in [4.78, 5) is 45.7.